The molecule has 1 aromatic heterocycles. The lowest BCUT2D eigenvalue weighted by Gasteiger charge is -2.09. The molecule has 1 aromatic carbocycles. The quantitative estimate of drug-likeness (QED) is 0.712. The van der Waals surface area contributed by atoms with E-state index in [0.29, 0.717) is 18.4 Å². The fraction of sp³-hybridized carbons (Fsp3) is 0.308. The van der Waals surface area contributed by atoms with Crippen molar-refractivity contribution in [2.45, 2.75) is 19.4 Å². The Morgan fingerprint density at radius 3 is 3.06 bits per heavy atom. The van der Waals surface area contributed by atoms with Gasteiger partial charge in [0.1, 0.15) is 11.8 Å². The van der Waals surface area contributed by atoms with Gasteiger partial charge < -0.3 is 20.6 Å². The maximum absolute atomic E-state index is 11.5. The fourth-order valence-corrected chi connectivity index (χ4v) is 1.97. The predicted octanol–water partition coefficient (Wildman–Crippen LogP) is 1.31. The Kier molecular flexibility index (Phi) is 3.53. The first-order valence-electron chi connectivity index (χ1n) is 5.83. The maximum atomic E-state index is 11.5. The molecule has 0 bridgehead atoms. The molecule has 5 heteroatoms. The molecule has 96 valence electrons. The molecule has 0 radical (unpaired) electrons. The van der Waals surface area contributed by atoms with E-state index < -0.39 is 12.0 Å². The molecule has 2 aromatic rings. The van der Waals surface area contributed by atoms with Crippen molar-refractivity contribution in [1.82, 2.24) is 4.98 Å². The molecule has 1 heterocycles. The monoisotopic (exact) mass is 248 g/mol. The summed E-state index contributed by atoms with van der Waals surface area (Å²) >= 11 is 0. The van der Waals surface area contributed by atoms with Crippen LogP contribution < -0.4 is 5.73 Å². The summed E-state index contributed by atoms with van der Waals surface area (Å²) in [5.41, 5.74) is 7.39. The van der Waals surface area contributed by atoms with Crippen molar-refractivity contribution in [2.75, 3.05) is 6.61 Å². The van der Waals surface area contributed by atoms with Crippen LogP contribution in [0.15, 0.2) is 24.4 Å². The van der Waals surface area contributed by atoms with Crippen LogP contribution in [0.3, 0.4) is 0 Å². The van der Waals surface area contributed by atoms with Crippen molar-refractivity contribution in [3.8, 4) is 5.75 Å². The number of aromatic amines is 1. The smallest absolute Gasteiger partial charge is 0.323 e. The molecule has 0 aliphatic rings. The Balaban J connectivity index is 2.24. The predicted molar refractivity (Wildman–Crippen MR) is 68.3 cm³/mol. The van der Waals surface area contributed by atoms with Crippen LogP contribution in [-0.4, -0.2) is 28.7 Å². The van der Waals surface area contributed by atoms with E-state index in [9.17, 15) is 9.90 Å². The molecule has 0 fully saturated rings. The molecule has 0 aliphatic heterocycles. The average Bonchev–Trinajstić information content (AvgIpc) is 2.74. The summed E-state index contributed by atoms with van der Waals surface area (Å²) in [7, 11) is 0. The Labute approximate surface area is 105 Å². The Morgan fingerprint density at radius 1 is 1.56 bits per heavy atom. The van der Waals surface area contributed by atoms with Crippen molar-refractivity contribution < 1.29 is 14.6 Å². The van der Waals surface area contributed by atoms with E-state index in [1.165, 1.54) is 0 Å². The summed E-state index contributed by atoms with van der Waals surface area (Å²) in [4.78, 5) is 14.5. The second kappa shape index (κ2) is 5.10. The number of esters is 1. The molecule has 4 N–H and O–H groups in total. The number of phenolic OH excluding ortho intramolecular Hbond substituents is 1. The van der Waals surface area contributed by atoms with E-state index in [2.05, 4.69) is 4.98 Å². The number of phenols is 1. The van der Waals surface area contributed by atoms with Crippen molar-refractivity contribution in [3.63, 3.8) is 0 Å². The number of hydrogen-bond donors (Lipinski definition) is 3. The molecular formula is C13H16N2O3. The molecule has 2 rings (SSSR count). The minimum atomic E-state index is -0.719. The molecule has 0 aliphatic carbocycles. The Morgan fingerprint density at radius 2 is 2.33 bits per heavy atom. The number of nitrogens with two attached hydrogens (primary N) is 1. The van der Waals surface area contributed by atoms with E-state index in [1.807, 2.05) is 6.07 Å². The number of aromatic hydroxyl groups is 1. The fourth-order valence-electron chi connectivity index (χ4n) is 1.97. The van der Waals surface area contributed by atoms with Gasteiger partial charge in [0, 0.05) is 23.5 Å². The van der Waals surface area contributed by atoms with Crippen LogP contribution >= 0.6 is 0 Å². The van der Waals surface area contributed by atoms with Crippen LogP contribution in [0, 0.1) is 0 Å². The van der Waals surface area contributed by atoms with Gasteiger partial charge in [-0.05, 0) is 24.6 Å². The van der Waals surface area contributed by atoms with E-state index in [0.717, 1.165) is 11.1 Å². The lowest BCUT2D eigenvalue weighted by Crippen LogP contribution is -2.34. The van der Waals surface area contributed by atoms with Gasteiger partial charge in [-0.25, -0.2) is 0 Å². The first kappa shape index (κ1) is 12.4. The van der Waals surface area contributed by atoms with Crippen molar-refractivity contribution in [1.29, 1.82) is 0 Å². The lowest BCUT2D eigenvalue weighted by molar-refractivity contribution is -0.144. The second-order valence-corrected chi connectivity index (χ2v) is 4.08. The van der Waals surface area contributed by atoms with E-state index in [1.54, 1.807) is 25.3 Å². The minimum absolute atomic E-state index is 0.180. The third kappa shape index (κ3) is 2.31. The van der Waals surface area contributed by atoms with E-state index in [4.69, 9.17) is 10.5 Å². The molecule has 0 saturated heterocycles. The summed E-state index contributed by atoms with van der Waals surface area (Å²) in [6, 6.07) is 4.50. The SMILES string of the molecule is CCOC(=O)C(N)Cc1c[nH]c2cccc(O)c12. The normalized spacial score (nSPS) is 12.6. The first-order valence-corrected chi connectivity index (χ1v) is 5.83. The molecule has 1 atom stereocenters. The molecule has 0 spiro atoms. The zero-order chi connectivity index (χ0) is 13.1. The van der Waals surface area contributed by atoms with Gasteiger partial charge in [-0.2, -0.15) is 0 Å². The van der Waals surface area contributed by atoms with Gasteiger partial charge in [0.2, 0.25) is 0 Å². The summed E-state index contributed by atoms with van der Waals surface area (Å²) in [5, 5.41) is 10.5. The highest BCUT2D eigenvalue weighted by molar-refractivity contribution is 5.89. The summed E-state index contributed by atoms with van der Waals surface area (Å²) in [6.07, 6.45) is 2.08. The minimum Gasteiger partial charge on any atom is -0.507 e. The number of ether oxygens (including phenoxy) is 1. The second-order valence-electron chi connectivity index (χ2n) is 4.08. The summed E-state index contributed by atoms with van der Waals surface area (Å²) in [6.45, 7) is 2.05. The third-order valence-corrected chi connectivity index (χ3v) is 2.79. The number of aromatic nitrogens is 1. The van der Waals surface area contributed by atoms with Crippen LogP contribution in [0.4, 0.5) is 0 Å². The van der Waals surface area contributed by atoms with E-state index in [-0.39, 0.29) is 5.75 Å². The Hall–Kier alpha value is -2.01. The van der Waals surface area contributed by atoms with Crippen LogP contribution in [0.25, 0.3) is 10.9 Å². The molecular weight excluding hydrogens is 232 g/mol. The molecule has 0 saturated carbocycles. The largest absolute Gasteiger partial charge is 0.507 e. The summed E-state index contributed by atoms with van der Waals surface area (Å²) < 4.78 is 4.86. The van der Waals surface area contributed by atoms with Gasteiger partial charge in [-0.1, -0.05) is 6.07 Å². The maximum Gasteiger partial charge on any atom is 0.323 e. The third-order valence-electron chi connectivity index (χ3n) is 2.79. The molecule has 18 heavy (non-hydrogen) atoms. The van der Waals surface area contributed by atoms with Gasteiger partial charge in [-0.3, -0.25) is 4.79 Å². The van der Waals surface area contributed by atoms with Crippen LogP contribution in [0.2, 0.25) is 0 Å². The number of carbonyl (C=O) groups excluding carboxylic acids is 1. The first-order chi connectivity index (χ1) is 8.63. The number of carbonyl (C=O) groups is 1. The van der Waals surface area contributed by atoms with E-state index >= 15 is 0 Å². The van der Waals surface area contributed by atoms with Crippen molar-refractivity contribution >= 4 is 16.9 Å². The molecule has 5 nitrogen and oxygen atoms in total. The van der Waals surface area contributed by atoms with Crippen molar-refractivity contribution in [2.24, 2.45) is 5.73 Å². The number of fused-ring (bicyclic) bond motifs is 1. The van der Waals surface area contributed by atoms with Gasteiger partial charge in [0.05, 0.1) is 6.61 Å². The lowest BCUT2D eigenvalue weighted by atomic mass is 10.1. The highest BCUT2D eigenvalue weighted by atomic mass is 16.5. The topological polar surface area (TPSA) is 88.3 Å². The molecule has 1 unspecified atom stereocenters. The number of benzene rings is 1. The summed E-state index contributed by atoms with van der Waals surface area (Å²) in [5.74, 6) is -0.248. The van der Waals surface area contributed by atoms with Gasteiger partial charge >= 0.3 is 5.97 Å². The number of H-pyrrole nitrogens is 1. The average molecular weight is 248 g/mol. The highest BCUT2D eigenvalue weighted by Gasteiger charge is 2.18. The van der Waals surface area contributed by atoms with Crippen LogP contribution in [0.1, 0.15) is 12.5 Å². The zero-order valence-corrected chi connectivity index (χ0v) is 10.1. The van der Waals surface area contributed by atoms with Crippen molar-refractivity contribution in [3.05, 3.63) is 30.0 Å². The number of hydrogen-bond acceptors (Lipinski definition) is 4. The highest BCUT2D eigenvalue weighted by Crippen LogP contribution is 2.28. The molecule has 0 amide bonds. The van der Waals surface area contributed by atoms with Gasteiger partial charge in [0.25, 0.3) is 0 Å². The Bertz CT molecular complexity index is 562. The standard InChI is InChI=1S/C13H16N2O3/c1-2-18-13(17)9(14)6-8-7-15-10-4-3-5-11(16)12(8)10/h3-5,7,9,15-16H,2,6,14H2,1H3. The van der Waals surface area contributed by atoms with Gasteiger partial charge in [-0.15, -0.1) is 0 Å². The number of rotatable bonds is 4. The zero-order valence-electron chi connectivity index (χ0n) is 10.1. The van der Waals surface area contributed by atoms with Gasteiger partial charge in [0.15, 0.2) is 0 Å². The number of nitrogens with one attached hydrogen (secondary N) is 1. The van der Waals surface area contributed by atoms with Crippen LogP contribution in [-0.2, 0) is 16.0 Å². The van der Waals surface area contributed by atoms with Crippen LogP contribution in [0.5, 0.6) is 5.75 Å².